The van der Waals surface area contributed by atoms with Gasteiger partial charge in [0, 0.05) is 6.54 Å². The molecule has 6 heteroatoms. The molecule has 0 atom stereocenters. The van der Waals surface area contributed by atoms with E-state index in [1.54, 1.807) is 24.3 Å². The minimum atomic E-state index is -0.650. The Morgan fingerprint density at radius 2 is 1.96 bits per heavy atom. The van der Waals surface area contributed by atoms with E-state index >= 15 is 0 Å². The van der Waals surface area contributed by atoms with Crippen LogP contribution in [0.5, 0.6) is 17.2 Å². The van der Waals surface area contributed by atoms with Crippen LogP contribution >= 0.6 is 0 Å². The monoisotopic (exact) mass is 314 g/mol. The van der Waals surface area contributed by atoms with E-state index in [1.165, 1.54) is 12.1 Å². The van der Waals surface area contributed by atoms with Gasteiger partial charge < -0.3 is 14.8 Å². The lowest BCUT2D eigenvalue weighted by Crippen LogP contribution is -2.28. The third-order valence-corrected chi connectivity index (χ3v) is 2.86. The van der Waals surface area contributed by atoms with E-state index in [4.69, 9.17) is 14.7 Å². The Morgan fingerprint density at radius 1 is 1.22 bits per heavy atom. The highest BCUT2D eigenvalue weighted by Gasteiger charge is 2.11. The van der Waals surface area contributed by atoms with E-state index in [9.17, 15) is 9.18 Å². The molecule has 0 spiro atoms. The highest BCUT2D eigenvalue weighted by atomic mass is 19.1. The molecule has 0 saturated heterocycles. The number of ether oxygens (including phenoxy) is 2. The second-order valence-electron chi connectivity index (χ2n) is 4.55. The van der Waals surface area contributed by atoms with Crippen LogP contribution in [0.4, 0.5) is 4.39 Å². The molecule has 0 fully saturated rings. The lowest BCUT2D eigenvalue weighted by Gasteiger charge is -2.12. The number of nitriles is 1. The van der Waals surface area contributed by atoms with Gasteiger partial charge in [-0.25, -0.2) is 4.39 Å². The molecule has 2 aromatic carbocycles. The molecule has 0 unspecified atom stereocenters. The van der Waals surface area contributed by atoms with E-state index in [1.807, 2.05) is 13.0 Å². The Kier molecular flexibility index (Phi) is 5.53. The van der Waals surface area contributed by atoms with Gasteiger partial charge in [0.05, 0.1) is 11.6 Å². The van der Waals surface area contributed by atoms with Crippen molar-refractivity contribution < 1.29 is 18.7 Å². The Hall–Kier alpha value is -3.07. The molecule has 0 aliphatic heterocycles. The van der Waals surface area contributed by atoms with Crippen molar-refractivity contribution in [3.8, 4) is 23.3 Å². The summed E-state index contributed by atoms with van der Waals surface area (Å²) >= 11 is 0. The maximum Gasteiger partial charge on any atom is 0.257 e. The predicted molar refractivity (Wildman–Crippen MR) is 81.8 cm³/mol. The Labute approximate surface area is 133 Å². The number of carbonyl (C=O) groups excluding carboxylic acids is 1. The summed E-state index contributed by atoms with van der Waals surface area (Å²) in [4.78, 5) is 11.4. The number of hydrogen-bond acceptors (Lipinski definition) is 4. The molecule has 0 aromatic heterocycles. The number of rotatable bonds is 6. The van der Waals surface area contributed by atoms with Crippen molar-refractivity contribution >= 4 is 5.91 Å². The van der Waals surface area contributed by atoms with E-state index in [2.05, 4.69) is 5.32 Å². The van der Waals surface area contributed by atoms with Gasteiger partial charge in [0.2, 0.25) is 0 Å². The quantitative estimate of drug-likeness (QED) is 0.889. The fraction of sp³-hybridized carbons (Fsp3) is 0.176. The van der Waals surface area contributed by atoms with Crippen LogP contribution in [0.2, 0.25) is 0 Å². The van der Waals surface area contributed by atoms with Crippen molar-refractivity contribution in [3.63, 3.8) is 0 Å². The average Bonchev–Trinajstić information content (AvgIpc) is 2.56. The fourth-order valence-electron chi connectivity index (χ4n) is 1.82. The lowest BCUT2D eigenvalue weighted by atomic mass is 10.2. The molecule has 0 radical (unpaired) electrons. The Bertz CT molecular complexity index is 741. The van der Waals surface area contributed by atoms with Crippen LogP contribution in [-0.4, -0.2) is 19.1 Å². The van der Waals surface area contributed by atoms with E-state index < -0.39 is 5.82 Å². The number of para-hydroxylation sites is 2. The van der Waals surface area contributed by atoms with Crippen molar-refractivity contribution in [2.24, 2.45) is 0 Å². The highest BCUT2D eigenvalue weighted by molar-refractivity contribution is 5.77. The summed E-state index contributed by atoms with van der Waals surface area (Å²) in [7, 11) is 0. The minimum Gasteiger partial charge on any atom is -0.480 e. The maximum absolute atomic E-state index is 13.9. The number of benzene rings is 2. The third-order valence-electron chi connectivity index (χ3n) is 2.86. The number of likely N-dealkylation sites (N-methyl/N-ethyl adjacent to an activating group) is 1. The number of nitrogens with one attached hydrogen (secondary N) is 1. The first-order valence-electron chi connectivity index (χ1n) is 7.00. The fourth-order valence-corrected chi connectivity index (χ4v) is 1.82. The van der Waals surface area contributed by atoms with Crippen LogP contribution in [0.15, 0.2) is 42.5 Å². The summed E-state index contributed by atoms with van der Waals surface area (Å²) in [6.45, 7) is 2.16. The molecule has 0 aliphatic rings. The highest BCUT2D eigenvalue weighted by Crippen LogP contribution is 2.32. The SMILES string of the molecule is CCNC(=O)COc1ccccc1Oc1ccc(C#N)cc1F. The lowest BCUT2D eigenvalue weighted by molar-refractivity contribution is -0.122. The zero-order valence-electron chi connectivity index (χ0n) is 12.5. The van der Waals surface area contributed by atoms with Crippen LogP contribution in [0.25, 0.3) is 0 Å². The zero-order valence-corrected chi connectivity index (χ0v) is 12.5. The third kappa shape index (κ3) is 4.45. The van der Waals surface area contributed by atoms with Crippen molar-refractivity contribution in [3.05, 3.63) is 53.8 Å². The standard InChI is InChI=1S/C17H15FN2O3/c1-2-20-17(21)11-22-15-5-3-4-6-16(15)23-14-8-7-12(10-19)9-13(14)18/h3-9H,2,11H2,1H3,(H,20,21). The Balaban J connectivity index is 2.14. The van der Waals surface area contributed by atoms with Crippen LogP contribution in [0, 0.1) is 17.1 Å². The first-order valence-corrected chi connectivity index (χ1v) is 7.00. The smallest absolute Gasteiger partial charge is 0.257 e. The van der Waals surface area contributed by atoms with Crippen LogP contribution in [0.3, 0.4) is 0 Å². The first kappa shape index (κ1) is 16.3. The van der Waals surface area contributed by atoms with E-state index in [-0.39, 0.29) is 29.6 Å². The molecule has 1 amide bonds. The summed E-state index contributed by atoms with van der Waals surface area (Å²) in [5.41, 5.74) is 0.204. The largest absolute Gasteiger partial charge is 0.480 e. The topological polar surface area (TPSA) is 71.3 Å². The first-order chi connectivity index (χ1) is 11.1. The van der Waals surface area contributed by atoms with Crippen molar-refractivity contribution in [2.75, 3.05) is 13.2 Å². The van der Waals surface area contributed by atoms with E-state index in [0.29, 0.717) is 12.3 Å². The van der Waals surface area contributed by atoms with Crippen molar-refractivity contribution in [1.82, 2.24) is 5.32 Å². The molecule has 23 heavy (non-hydrogen) atoms. The van der Waals surface area contributed by atoms with Gasteiger partial charge in [0.25, 0.3) is 5.91 Å². The molecule has 0 aliphatic carbocycles. The molecule has 0 saturated carbocycles. The zero-order chi connectivity index (χ0) is 16.7. The van der Waals surface area contributed by atoms with Gasteiger partial charge in [0.15, 0.2) is 29.7 Å². The predicted octanol–water partition coefficient (Wildman–Crippen LogP) is 3.00. The number of hydrogen-bond donors (Lipinski definition) is 1. The number of amides is 1. The summed E-state index contributed by atoms with van der Waals surface area (Å²) in [5.74, 6) is -0.338. The molecule has 2 aromatic rings. The molecular formula is C17H15FN2O3. The molecule has 118 valence electrons. The van der Waals surface area contributed by atoms with Crippen LogP contribution in [-0.2, 0) is 4.79 Å². The molecule has 0 heterocycles. The molecule has 1 N–H and O–H groups in total. The normalized spacial score (nSPS) is 9.78. The van der Waals surface area contributed by atoms with Gasteiger partial charge in [-0.3, -0.25) is 4.79 Å². The summed E-state index contributed by atoms with van der Waals surface area (Å²) in [6, 6.07) is 12.4. The summed E-state index contributed by atoms with van der Waals surface area (Å²) in [6.07, 6.45) is 0. The van der Waals surface area contributed by atoms with E-state index in [0.717, 1.165) is 6.07 Å². The second kappa shape index (κ2) is 7.80. The Morgan fingerprint density at radius 3 is 2.61 bits per heavy atom. The van der Waals surface area contributed by atoms with Crippen molar-refractivity contribution in [1.29, 1.82) is 5.26 Å². The van der Waals surface area contributed by atoms with Crippen molar-refractivity contribution in [2.45, 2.75) is 6.92 Å². The second-order valence-corrected chi connectivity index (χ2v) is 4.55. The van der Waals surface area contributed by atoms with Gasteiger partial charge in [-0.05, 0) is 37.3 Å². The number of halogens is 1. The van der Waals surface area contributed by atoms with Gasteiger partial charge in [-0.2, -0.15) is 5.26 Å². The van der Waals surface area contributed by atoms with Crippen LogP contribution < -0.4 is 14.8 Å². The number of nitrogens with zero attached hydrogens (tertiary/aromatic N) is 1. The molecule has 5 nitrogen and oxygen atoms in total. The van der Waals surface area contributed by atoms with Crippen LogP contribution in [0.1, 0.15) is 12.5 Å². The maximum atomic E-state index is 13.9. The summed E-state index contributed by atoms with van der Waals surface area (Å²) < 4.78 is 24.8. The number of carbonyl (C=O) groups is 1. The molecule has 0 bridgehead atoms. The molecular weight excluding hydrogens is 299 g/mol. The van der Waals surface area contributed by atoms with Gasteiger partial charge in [-0.1, -0.05) is 12.1 Å². The van der Waals surface area contributed by atoms with Gasteiger partial charge in [0.1, 0.15) is 0 Å². The minimum absolute atomic E-state index is 0.0296. The molecule has 2 rings (SSSR count). The van der Waals surface area contributed by atoms with Gasteiger partial charge >= 0.3 is 0 Å². The summed E-state index contributed by atoms with van der Waals surface area (Å²) in [5, 5.41) is 11.3. The van der Waals surface area contributed by atoms with Gasteiger partial charge in [-0.15, -0.1) is 0 Å². The average molecular weight is 314 g/mol.